The number of rotatable bonds is 2. The van der Waals surface area contributed by atoms with Gasteiger partial charge in [0.05, 0.1) is 0 Å². The summed E-state index contributed by atoms with van der Waals surface area (Å²) in [6.45, 7) is 1.81. The predicted octanol–water partition coefficient (Wildman–Crippen LogP) is 1.82. The van der Waals surface area contributed by atoms with E-state index in [-0.39, 0.29) is 15.3 Å². The maximum atomic E-state index is 12.3. The van der Waals surface area contributed by atoms with Crippen LogP contribution in [0.2, 0.25) is 0 Å². The Morgan fingerprint density at radius 2 is 2.07 bits per heavy atom. The number of halogens is 3. The largest absolute Gasteiger partial charge is 0.442 e. The molecule has 1 atom stereocenters. The Labute approximate surface area is 83.8 Å². The number of hydrogen-bond donors (Lipinski definition) is 0. The highest BCUT2D eigenvalue weighted by Crippen LogP contribution is 2.24. The third kappa shape index (κ3) is 2.30. The molecule has 1 unspecified atom stereocenters. The van der Waals surface area contributed by atoms with E-state index in [4.69, 9.17) is 0 Å². The molecule has 0 aromatic heterocycles. The molecule has 0 bridgehead atoms. The fraction of sp³-hybridized carbons (Fsp3) is 0.667. The van der Waals surface area contributed by atoms with Gasteiger partial charge < -0.3 is 0 Å². The van der Waals surface area contributed by atoms with Gasteiger partial charge in [0.2, 0.25) is 5.04 Å². The first-order valence-electron chi connectivity index (χ1n) is 3.77. The van der Waals surface area contributed by atoms with E-state index in [1.165, 1.54) is 0 Å². The Hall–Kier alpha value is -0.500. The molecule has 8 heteroatoms. The van der Waals surface area contributed by atoms with E-state index in [0.717, 1.165) is 0 Å². The molecule has 14 heavy (non-hydrogen) atoms. The quantitative estimate of drug-likeness (QED) is 0.730. The van der Waals surface area contributed by atoms with Gasteiger partial charge in [-0.15, -0.1) is 10.2 Å². The van der Waals surface area contributed by atoms with Crippen LogP contribution in [0.4, 0.5) is 13.2 Å². The lowest BCUT2D eigenvalue weighted by Crippen LogP contribution is -2.27. The minimum atomic E-state index is -4.54. The van der Waals surface area contributed by atoms with E-state index in [0.29, 0.717) is 12.8 Å². The van der Waals surface area contributed by atoms with Crippen LogP contribution in [-0.4, -0.2) is 20.5 Å². The van der Waals surface area contributed by atoms with Gasteiger partial charge in [-0.1, -0.05) is 6.92 Å². The molecule has 0 spiro atoms. The molecule has 80 valence electrons. The van der Waals surface area contributed by atoms with Crippen molar-refractivity contribution in [2.75, 3.05) is 0 Å². The topological polar surface area (TPSA) is 41.8 Å². The zero-order chi connectivity index (χ0) is 10.8. The summed E-state index contributed by atoms with van der Waals surface area (Å²) < 4.78 is 47.3. The van der Waals surface area contributed by atoms with Crippen molar-refractivity contribution in [1.82, 2.24) is 0 Å². The Kier molecular flexibility index (Phi) is 3.59. The second kappa shape index (κ2) is 4.35. The first-order chi connectivity index (χ1) is 6.50. The molecule has 0 aliphatic carbocycles. The normalized spacial score (nSPS) is 21.9. The van der Waals surface area contributed by atoms with Gasteiger partial charge in [-0.25, -0.2) is 4.21 Å². The lowest BCUT2D eigenvalue weighted by Gasteiger charge is -2.05. The van der Waals surface area contributed by atoms with E-state index in [2.05, 4.69) is 10.2 Å². The van der Waals surface area contributed by atoms with Gasteiger partial charge in [-0.3, -0.25) is 0 Å². The van der Waals surface area contributed by atoms with Crippen molar-refractivity contribution in [3.8, 4) is 0 Å². The van der Waals surface area contributed by atoms with Gasteiger partial charge >= 0.3 is 6.18 Å². The molecule has 0 N–H and O–H groups in total. The first kappa shape index (κ1) is 11.6. The third-order valence-electron chi connectivity index (χ3n) is 1.42. The monoisotopic (exact) mass is 244 g/mol. The standard InChI is InChI=1S/C6H7F3N2OS2/c1-2-3-4-10-11-5(6(7,8)9)14(4)13-12/h2-3H2,1H3. The Balaban J connectivity index is 2.96. The van der Waals surface area contributed by atoms with Crippen molar-refractivity contribution in [1.29, 1.82) is 0 Å². The number of alkyl halides is 3. The molecule has 0 radical (unpaired) electrons. The molecule has 3 nitrogen and oxygen atoms in total. The highest BCUT2D eigenvalue weighted by atomic mass is 32.8. The molecule has 0 amide bonds. The summed E-state index contributed by atoms with van der Waals surface area (Å²) in [7, 11) is -1.63. The molecule has 1 heterocycles. The molecule has 1 aliphatic rings. The predicted molar refractivity (Wildman–Crippen MR) is 51.3 cm³/mol. The van der Waals surface area contributed by atoms with Crippen molar-refractivity contribution in [3.63, 3.8) is 0 Å². The Morgan fingerprint density at radius 1 is 1.43 bits per heavy atom. The fourth-order valence-corrected chi connectivity index (χ4v) is 3.24. The Morgan fingerprint density at radius 3 is 2.50 bits per heavy atom. The maximum absolute atomic E-state index is 12.3. The first-order valence-corrected chi connectivity index (χ1v) is 6.25. The van der Waals surface area contributed by atoms with E-state index in [9.17, 15) is 17.4 Å². The van der Waals surface area contributed by atoms with Gasteiger partial charge in [-0.2, -0.15) is 13.2 Å². The van der Waals surface area contributed by atoms with Crippen LogP contribution in [0.15, 0.2) is 10.2 Å². The van der Waals surface area contributed by atoms with Crippen LogP contribution in [0.1, 0.15) is 19.8 Å². The molecule has 0 aromatic carbocycles. The second-order valence-corrected chi connectivity index (χ2v) is 5.42. The average Bonchev–Trinajstić information content (AvgIpc) is 2.47. The van der Waals surface area contributed by atoms with Crippen molar-refractivity contribution in [3.05, 3.63) is 0 Å². The molecular weight excluding hydrogens is 237 g/mol. The third-order valence-corrected chi connectivity index (χ3v) is 4.39. The van der Waals surface area contributed by atoms with Crippen LogP contribution in [0.25, 0.3) is 0 Å². The zero-order valence-electron chi connectivity index (χ0n) is 7.17. The molecular formula is C6H7F3N2OS2. The zero-order valence-corrected chi connectivity index (χ0v) is 8.80. The lowest BCUT2D eigenvalue weighted by atomic mass is 10.4. The van der Waals surface area contributed by atoms with Crippen molar-refractivity contribution < 1.29 is 17.4 Å². The highest BCUT2D eigenvalue weighted by molar-refractivity contribution is 8.47. The fourth-order valence-electron chi connectivity index (χ4n) is 0.877. The van der Waals surface area contributed by atoms with Gasteiger partial charge in [0.1, 0.15) is 15.3 Å². The van der Waals surface area contributed by atoms with Gasteiger partial charge in [0, 0.05) is 9.45 Å². The Bertz CT molecular complexity index is 355. The SMILES string of the molecule is CCCC1=NN=C(C(F)(F)F)S1=S=O. The molecule has 1 rings (SSSR count). The summed E-state index contributed by atoms with van der Waals surface area (Å²) in [5.41, 5.74) is 0. The van der Waals surface area contributed by atoms with Gasteiger partial charge in [0.25, 0.3) is 0 Å². The van der Waals surface area contributed by atoms with E-state index < -0.39 is 20.7 Å². The highest BCUT2D eigenvalue weighted by Gasteiger charge is 2.42. The minimum Gasteiger partial charge on any atom is -0.205 e. The molecule has 0 aromatic rings. The van der Waals surface area contributed by atoms with Crippen LogP contribution >= 0.6 is 0 Å². The summed E-state index contributed by atoms with van der Waals surface area (Å²) >= 11 is 0. The van der Waals surface area contributed by atoms with Crippen LogP contribution in [0.3, 0.4) is 0 Å². The summed E-state index contributed by atoms with van der Waals surface area (Å²) in [4.78, 5) is 0. The summed E-state index contributed by atoms with van der Waals surface area (Å²) in [5.74, 6) is 0. The van der Waals surface area contributed by atoms with Crippen molar-refractivity contribution in [2.45, 2.75) is 25.9 Å². The maximum Gasteiger partial charge on any atom is 0.442 e. The second-order valence-electron chi connectivity index (χ2n) is 2.48. The minimum absolute atomic E-state index is 0.0884. The summed E-state index contributed by atoms with van der Waals surface area (Å²) in [6.07, 6.45) is -3.50. The van der Waals surface area contributed by atoms with E-state index in [1.807, 2.05) is 6.92 Å². The molecule has 0 saturated carbocycles. The van der Waals surface area contributed by atoms with E-state index >= 15 is 0 Å². The van der Waals surface area contributed by atoms with Gasteiger partial charge in [-0.05, 0) is 12.8 Å². The summed E-state index contributed by atoms with van der Waals surface area (Å²) in [5, 5.41) is 5.63. The number of nitrogens with zero attached hydrogens (tertiary/aromatic N) is 2. The van der Waals surface area contributed by atoms with Crippen LogP contribution in [0.5, 0.6) is 0 Å². The number of hydrogen-bond acceptors (Lipinski definition) is 3. The smallest absolute Gasteiger partial charge is 0.205 e. The molecule has 1 aliphatic heterocycles. The van der Waals surface area contributed by atoms with Crippen LogP contribution in [-0.2, 0) is 19.7 Å². The van der Waals surface area contributed by atoms with Crippen LogP contribution < -0.4 is 0 Å². The van der Waals surface area contributed by atoms with Crippen molar-refractivity contribution in [2.24, 2.45) is 10.2 Å². The summed E-state index contributed by atoms with van der Waals surface area (Å²) in [6, 6.07) is 0. The lowest BCUT2D eigenvalue weighted by molar-refractivity contribution is -0.0555. The average molecular weight is 244 g/mol. The molecule has 0 saturated heterocycles. The van der Waals surface area contributed by atoms with Crippen LogP contribution in [0, 0.1) is 0 Å². The van der Waals surface area contributed by atoms with Crippen molar-refractivity contribution >= 4 is 29.8 Å². The molecule has 0 fully saturated rings. The van der Waals surface area contributed by atoms with E-state index in [1.54, 1.807) is 0 Å². The van der Waals surface area contributed by atoms with Gasteiger partial charge in [0.15, 0.2) is 0 Å².